The number of nitrogens with zero attached hydrogens (tertiary/aromatic N) is 1. The van der Waals surface area contributed by atoms with Crippen LogP contribution in [0, 0.1) is 0 Å². The number of imide groups is 1. The molecular weight excluding hydrogens is 284 g/mol. The second-order valence-electron chi connectivity index (χ2n) is 5.54. The number of nitrogens with one attached hydrogen (secondary N) is 1. The summed E-state index contributed by atoms with van der Waals surface area (Å²) in [6.07, 6.45) is 4.34. The molecule has 2 aliphatic rings. The number of hydrogen-bond donors (Lipinski definition) is 1. The van der Waals surface area contributed by atoms with E-state index in [0.717, 1.165) is 24.2 Å². The van der Waals surface area contributed by atoms with Crippen molar-refractivity contribution < 1.29 is 19.1 Å². The standard InChI is InChI=1S/C16H18N2O4/c19-14(18-8-7-17-16(18)21)10-22-15(20)13-6-5-11-3-1-2-4-12(11)9-13/h5-6,9H,1-4,7-8,10H2,(H,17,21). The van der Waals surface area contributed by atoms with Gasteiger partial charge in [0, 0.05) is 13.1 Å². The van der Waals surface area contributed by atoms with Crippen LogP contribution in [-0.2, 0) is 22.4 Å². The van der Waals surface area contributed by atoms with Crippen LogP contribution in [0.2, 0.25) is 0 Å². The molecule has 0 saturated carbocycles. The van der Waals surface area contributed by atoms with Gasteiger partial charge in [-0.1, -0.05) is 6.07 Å². The highest BCUT2D eigenvalue weighted by atomic mass is 16.5. The fourth-order valence-electron chi connectivity index (χ4n) is 2.86. The Bertz CT molecular complexity index is 627. The molecule has 0 radical (unpaired) electrons. The monoisotopic (exact) mass is 302 g/mol. The maximum atomic E-state index is 12.0. The van der Waals surface area contributed by atoms with Crippen LogP contribution in [0.1, 0.15) is 34.3 Å². The van der Waals surface area contributed by atoms with E-state index in [9.17, 15) is 14.4 Å². The van der Waals surface area contributed by atoms with Crippen LogP contribution in [0.5, 0.6) is 0 Å². The topological polar surface area (TPSA) is 75.7 Å². The molecule has 6 heteroatoms. The van der Waals surface area contributed by atoms with Crippen molar-refractivity contribution in [3.8, 4) is 0 Å². The lowest BCUT2D eigenvalue weighted by Crippen LogP contribution is -2.37. The van der Waals surface area contributed by atoms with Gasteiger partial charge in [-0.3, -0.25) is 9.69 Å². The Labute approximate surface area is 128 Å². The second kappa shape index (κ2) is 6.17. The number of amides is 3. The third-order valence-electron chi connectivity index (χ3n) is 4.07. The summed E-state index contributed by atoms with van der Waals surface area (Å²) in [5, 5.41) is 2.53. The van der Waals surface area contributed by atoms with Crippen LogP contribution < -0.4 is 5.32 Å². The molecule has 1 aromatic carbocycles. The van der Waals surface area contributed by atoms with Gasteiger partial charge in [0.1, 0.15) is 0 Å². The van der Waals surface area contributed by atoms with Gasteiger partial charge in [-0.25, -0.2) is 9.59 Å². The van der Waals surface area contributed by atoms with Gasteiger partial charge in [0.2, 0.25) is 0 Å². The van der Waals surface area contributed by atoms with Crippen molar-refractivity contribution in [2.75, 3.05) is 19.7 Å². The molecule has 0 aromatic heterocycles. The van der Waals surface area contributed by atoms with Crippen LogP contribution in [0.3, 0.4) is 0 Å². The molecule has 1 saturated heterocycles. The summed E-state index contributed by atoms with van der Waals surface area (Å²) in [7, 11) is 0. The number of rotatable bonds is 3. The molecule has 6 nitrogen and oxygen atoms in total. The minimum absolute atomic E-state index is 0.314. The molecule has 1 fully saturated rings. The summed E-state index contributed by atoms with van der Waals surface area (Å²) < 4.78 is 5.03. The smallest absolute Gasteiger partial charge is 0.338 e. The minimum atomic E-state index is -0.527. The lowest BCUT2D eigenvalue weighted by atomic mass is 9.90. The first-order chi connectivity index (χ1) is 10.6. The zero-order valence-electron chi connectivity index (χ0n) is 12.3. The number of benzene rings is 1. The van der Waals surface area contributed by atoms with Crippen molar-refractivity contribution >= 4 is 17.9 Å². The molecule has 22 heavy (non-hydrogen) atoms. The number of aryl methyl sites for hydroxylation is 2. The van der Waals surface area contributed by atoms with E-state index in [2.05, 4.69) is 5.32 Å². The van der Waals surface area contributed by atoms with Crippen molar-refractivity contribution in [2.24, 2.45) is 0 Å². The van der Waals surface area contributed by atoms with E-state index in [0.29, 0.717) is 18.7 Å². The van der Waals surface area contributed by atoms with Crippen LogP contribution in [0.4, 0.5) is 4.79 Å². The number of ether oxygens (including phenoxy) is 1. The zero-order valence-corrected chi connectivity index (χ0v) is 12.3. The number of hydrogen-bond acceptors (Lipinski definition) is 4. The summed E-state index contributed by atoms with van der Waals surface area (Å²) in [6, 6.07) is 5.11. The Kier molecular flexibility index (Phi) is 4.09. The number of urea groups is 1. The first-order valence-electron chi connectivity index (χ1n) is 7.52. The second-order valence-corrected chi connectivity index (χ2v) is 5.54. The molecule has 1 aromatic rings. The summed E-state index contributed by atoms with van der Waals surface area (Å²) in [4.78, 5) is 36.2. The Morgan fingerprint density at radius 2 is 1.95 bits per heavy atom. The Balaban J connectivity index is 1.60. The summed E-state index contributed by atoms with van der Waals surface area (Å²) >= 11 is 0. The summed E-state index contributed by atoms with van der Waals surface area (Å²) in [5.41, 5.74) is 2.93. The highest BCUT2D eigenvalue weighted by molar-refractivity contribution is 5.98. The third-order valence-corrected chi connectivity index (χ3v) is 4.07. The molecule has 0 bridgehead atoms. The fourth-order valence-corrected chi connectivity index (χ4v) is 2.86. The van der Waals surface area contributed by atoms with Gasteiger partial charge in [-0.15, -0.1) is 0 Å². The van der Waals surface area contributed by atoms with Crippen molar-refractivity contribution in [1.82, 2.24) is 10.2 Å². The number of carbonyl (C=O) groups is 3. The predicted octanol–water partition coefficient (Wildman–Crippen LogP) is 1.27. The van der Waals surface area contributed by atoms with E-state index in [4.69, 9.17) is 4.74 Å². The molecule has 1 aliphatic carbocycles. The molecule has 1 heterocycles. The molecule has 0 unspecified atom stereocenters. The van der Waals surface area contributed by atoms with Gasteiger partial charge in [0.05, 0.1) is 5.56 Å². The van der Waals surface area contributed by atoms with Gasteiger partial charge in [-0.05, 0) is 48.9 Å². The Morgan fingerprint density at radius 3 is 2.68 bits per heavy atom. The maximum Gasteiger partial charge on any atom is 0.338 e. The first kappa shape index (κ1) is 14.6. The van der Waals surface area contributed by atoms with Crippen LogP contribution in [0.25, 0.3) is 0 Å². The predicted molar refractivity (Wildman–Crippen MR) is 78.5 cm³/mol. The van der Waals surface area contributed by atoms with Crippen molar-refractivity contribution in [1.29, 1.82) is 0 Å². The molecule has 1 N–H and O–H groups in total. The quantitative estimate of drug-likeness (QED) is 0.853. The number of fused-ring (bicyclic) bond motifs is 1. The SMILES string of the molecule is O=C(OCC(=O)N1CCNC1=O)c1ccc2c(c1)CCCC2. The molecule has 3 rings (SSSR count). The highest BCUT2D eigenvalue weighted by Gasteiger charge is 2.27. The van der Waals surface area contributed by atoms with Gasteiger partial charge < -0.3 is 10.1 Å². The van der Waals surface area contributed by atoms with Gasteiger partial charge >= 0.3 is 12.0 Å². The zero-order chi connectivity index (χ0) is 15.5. The molecule has 0 atom stereocenters. The number of carbonyl (C=O) groups excluding carboxylic acids is 3. The van der Waals surface area contributed by atoms with E-state index < -0.39 is 24.5 Å². The molecule has 1 aliphatic heterocycles. The van der Waals surface area contributed by atoms with Crippen molar-refractivity contribution in [2.45, 2.75) is 25.7 Å². The summed E-state index contributed by atoms with van der Waals surface area (Å²) in [6.45, 7) is 0.334. The fraction of sp³-hybridized carbons (Fsp3) is 0.438. The molecular formula is C16H18N2O4. The van der Waals surface area contributed by atoms with Crippen LogP contribution in [-0.4, -0.2) is 42.5 Å². The van der Waals surface area contributed by atoms with Gasteiger partial charge in [0.25, 0.3) is 5.91 Å². The van der Waals surface area contributed by atoms with Crippen LogP contribution in [0.15, 0.2) is 18.2 Å². The Morgan fingerprint density at radius 1 is 1.18 bits per heavy atom. The maximum absolute atomic E-state index is 12.0. The van der Waals surface area contributed by atoms with E-state index in [1.165, 1.54) is 17.5 Å². The third kappa shape index (κ3) is 2.95. The summed E-state index contributed by atoms with van der Waals surface area (Å²) in [5.74, 6) is -1.03. The van der Waals surface area contributed by atoms with E-state index in [1.807, 2.05) is 12.1 Å². The molecule has 0 spiro atoms. The lowest BCUT2D eigenvalue weighted by molar-refractivity contribution is -0.130. The van der Waals surface area contributed by atoms with E-state index >= 15 is 0 Å². The van der Waals surface area contributed by atoms with Gasteiger partial charge in [-0.2, -0.15) is 0 Å². The van der Waals surface area contributed by atoms with Crippen molar-refractivity contribution in [3.05, 3.63) is 34.9 Å². The highest BCUT2D eigenvalue weighted by Crippen LogP contribution is 2.22. The van der Waals surface area contributed by atoms with E-state index in [1.54, 1.807) is 6.07 Å². The lowest BCUT2D eigenvalue weighted by Gasteiger charge is -2.16. The average molecular weight is 302 g/mol. The average Bonchev–Trinajstić information content (AvgIpc) is 2.98. The van der Waals surface area contributed by atoms with Gasteiger partial charge in [0.15, 0.2) is 6.61 Å². The Hall–Kier alpha value is -2.37. The first-order valence-corrected chi connectivity index (χ1v) is 7.52. The minimum Gasteiger partial charge on any atom is -0.452 e. The van der Waals surface area contributed by atoms with Crippen molar-refractivity contribution in [3.63, 3.8) is 0 Å². The largest absolute Gasteiger partial charge is 0.452 e. The van der Waals surface area contributed by atoms with Crippen LogP contribution >= 0.6 is 0 Å². The normalized spacial score (nSPS) is 16.9. The molecule has 116 valence electrons. The molecule has 3 amide bonds. The van der Waals surface area contributed by atoms with E-state index in [-0.39, 0.29) is 0 Å². The number of esters is 1.